The Bertz CT molecular complexity index is 729. The minimum atomic E-state index is -0.0392. The van der Waals surface area contributed by atoms with E-state index in [9.17, 15) is 4.79 Å². The third kappa shape index (κ3) is 5.01. The molecule has 0 aliphatic heterocycles. The van der Waals surface area contributed by atoms with Crippen molar-refractivity contribution in [3.05, 3.63) is 11.6 Å². The molecule has 0 heterocycles. The van der Waals surface area contributed by atoms with Gasteiger partial charge in [0, 0.05) is 11.8 Å². The maximum Gasteiger partial charge on any atom is 0.306 e. The lowest BCUT2D eigenvalue weighted by atomic mass is 9.47. The Balaban J connectivity index is 1.43. The van der Waals surface area contributed by atoms with Gasteiger partial charge in [0.2, 0.25) is 0 Å². The predicted octanol–water partition coefficient (Wildman–Crippen LogP) is 8.72. The summed E-state index contributed by atoms with van der Waals surface area (Å²) in [5.74, 6) is 5.23. The molecule has 0 unspecified atom stereocenters. The standard InChI is InChI=1S/C30H49BrO2/c1-20(2)7-6-8-21(3)25-11-12-26-24-10-9-22-19-23(33-28(32)15-18-31)13-16-29(22,4)27(24)14-17-30(25,26)5/h9,20-21,23-27H,6-8,10-19H2,1-5H3/t21-,23+,24-,25+,26-,27-,29+,30+/m1/s1. The van der Waals surface area contributed by atoms with Gasteiger partial charge in [-0.25, -0.2) is 0 Å². The van der Waals surface area contributed by atoms with Gasteiger partial charge in [-0.1, -0.05) is 81.5 Å². The number of ether oxygens (including phenoxy) is 1. The average Bonchev–Trinajstić information content (AvgIpc) is 3.11. The summed E-state index contributed by atoms with van der Waals surface area (Å²) in [6.07, 6.45) is 17.7. The normalized spacial score (nSPS) is 41.1. The van der Waals surface area contributed by atoms with E-state index in [2.05, 4.69) is 56.6 Å². The summed E-state index contributed by atoms with van der Waals surface area (Å²) in [7, 11) is 0. The molecule has 0 aromatic rings. The van der Waals surface area contributed by atoms with Crippen molar-refractivity contribution in [2.24, 2.45) is 46.3 Å². The van der Waals surface area contributed by atoms with Crippen molar-refractivity contribution in [3.63, 3.8) is 0 Å². The highest BCUT2D eigenvalue weighted by molar-refractivity contribution is 9.09. The molecule has 4 aliphatic carbocycles. The van der Waals surface area contributed by atoms with Gasteiger partial charge in [0.15, 0.2) is 0 Å². The Hall–Kier alpha value is -0.310. The van der Waals surface area contributed by atoms with Crippen LogP contribution in [-0.4, -0.2) is 17.4 Å². The molecule has 0 aromatic carbocycles. The highest BCUT2D eigenvalue weighted by Crippen LogP contribution is 2.67. The minimum absolute atomic E-state index is 0.0392. The van der Waals surface area contributed by atoms with Crippen molar-refractivity contribution in [3.8, 4) is 0 Å². The maximum absolute atomic E-state index is 12.1. The zero-order valence-electron chi connectivity index (χ0n) is 22.0. The summed E-state index contributed by atoms with van der Waals surface area (Å²) in [5, 5.41) is 0.695. The zero-order valence-corrected chi connectivity index (χ0v) is 23.6. The highest BCUT2D eigenvalue weighted by atomic mass is 79.9. The fourth-order valence-electron chi connectivity index (χ4n) is 9.07. The van der Waals surface area contributed by atoms with Gasteiger partial charge in [-0.05, 0) is 91.3 Å². The summed E-state index contributed by atoms with van der Waals surface area (Å²) < 4.78 is 5.82. The lowest BCUT2D eigenvalue weighted by Gasteiger charge is -2.58. The largest absolute Gasteiger partial charge is 0.462 e. The van der Waals surface area contributed by atoms with E-state index in [1.807, 2.05) is 0 Å². The van der Waals surface area contributed by atoms with Crippen molar-refractivity contribution in [2.45, 2.75) is 118 Å². The van der Waals surface area contributed by atoms with Gasteiger partial charge in [-0.15, -0.1) is 0 Å². The van der Waals surface area contributed by atoms with Crippen LogP contribution in [0.5, 0.6) is 0 Å². The van der Waals surface area contributed by atoms with E-state index in [0.717, 1.165) is 48.3 Å². The van der Waals surface area contributed by atoms with Gasteiger partial charge in [0.1, 0.15) is 6.10 Å². The van der Waals surface area contributed by atoms with Gasteiger partial charge < -0.3 is 4.74 Å². The first-order chi connectivity index (χ1) is 15.7. The number of carbonyl (C=O) groups is 1. The number of allylic oxidation sites excluding steroid dienone is 1. The molecule has 8 atom stereocenters. The molecule has 0 amide bonds. The van der Waals surface area contributed by atoms with Crippen LogP contribution in [0, 0.1) is 46.3 Å². The van der Waals surface area contributed by atoms with Gasteiger partial charge in [-0.2, -0.15) is 0 Å². The van der Waals surface area contributed by atoms with Crippen LogP contribution in [0.15, 0.2) is 11.6 Å². The lowest BCUT2D eigenvalue weighted by Crippen LogP contribution is -2.51. The second kappa shape index (κ2) is 10.4. The highest BCUT2D eigenvalue weighted by Gasteiger charge is 2.59. The summed E-state index contributed by atoms with van der Waals surface area (Å²) in [4.78, 5) is 12.1. The van der Waals surface area contributed by atoms with Crippen LogP contribution in [0.1, 0.15) is 112 Å². The second-order valence-corrected chi connectivity index (χ2v) is 13.9. The monoisotopic (exact) mass is 520 g/mol. The van der Waals surface area contributed by atoms with Crippen molar-refractivity contribution in [2.75, 3.05) is 5.33 Å². The summed E-state index contributed by atoms with van der Waals surface area (Å²) in [5.41, 5.74) is 2.51. The third-order valence-corrected chi connectivity index (χ3v) is 11.3. The van der Waals surface area contributed by atoms with Crippen LogP contribution < -0.4 is 0 Å². The quantitative estimate of drug-likeness (QED) is 0.181. The Morgan fingerprint density at radius 2 is 1.88 bits per heavy atom. The molecule has 3 heteroatoms. The number of hydrogen-bond acceptors (Lipinski definition) is 2. The van der Waals surface area contributed by atoms with Crippen molar-refractivity contribution in [1.29, 1.82) is 0 Å². The Morgan fingerprint density at radius 1 is 1.09 bits per heavy atom. The smallest absolute Gasteiger partial charge is 0.306 e. The van der Waals surface area contributed by atoms with E-state index < -0.39 is 0 Å². The number of carbonyl (C=O) groups excluding carboxylic acids is 1. The van der Waals surface area contributed by atoms with E-state index in [4.69, 9.17) is 4.74 Å². The van der Waals surface area contributed by atoms with Gasteiger partial charge in [0.05, 0.1) is 6.42 Å². The molecular formula is C30H49BrO2. The molecule has 2 nitrogen and oxygen atoms in total. The molecule has 0 aromatic heterocycles. The number of halogens is 1. The minimum Gasteiger partial charge on any atom is -0.462 e. The molecule has 4 rings (SSSR count). The van der Waals surface area contributed by atoms with Gasteiger partial charge in [0.25, 0.3) is 0 Å². The van der Waals surface area contributed by atoms with Crippen LogP contribution in [0.4, 0.5) is 0 Å². The first-order valence-electron chi connectivity index (χ1n) is 14.1. The number of hydrogen-bond donors (Lipinski definition) is 0. The van der Waals surface area contributed by atoms with Crippen molar-refractivity contribution in [1.82, 2.24) is 0 Å². The number of alkyl halides is 1. The predicted molar refractivity (Wildman–Crippen MR) is 141 cm³/mol. The lowest BCUT2D eigenvalue weighted by molar-refractivity contribution is -0.151. The first-order valence-corrected chi connectivity index (χ1v) is 15.3. The number of fused-ring (bicyclic) bond motifs is 5. The first kappa shape index (κ1) is 25.8. The number of esters is 1. The molecule has 0 spiro atoms. The van der Waals surface area contributed by atoms with Crippen LogP contribution in [0.3, 0.4) is 0 Å². The molecule has 4 aliphatic rings. The molecule has 0 N–H and O–H groups in total. The zero-order chi connectivity index (χ0) is 23.8. The Labute approximate surface area is 212 Å². The van der Waals surface area contributed by atoms with Crippen LogP contribution in [0.2, 0.25) is 0 Å². The van der Waals surface area contributed by atoms with Crippen LogP contribution in [-0.2, 0) is 9.53 Å². The molecule has 3 fully saturated rings. The SMILES string of the molecule is CC(C)CCC[C@@H](C)[C@@H]1CC[C@@H]2[C@H]3CC=C4C[C@@H](OC(=O)CCBr)CC[C@]4(C)[C@@H]3CC[C@]21C. The van der Waals surface area contributed by atoms with E-state index in [1.54, 1.807) is 5.57 Å². The Morgan fingerprint density at radius 3 is 2.61 bits per heavy atom. The second-order valence-electron chi connectivity index (χ2n) is 13.1. The average molecular weight is 522 g/mol. The Kier molecular flexibility index (Phi) is 8.09. The molecule has 33 heavy (non-hydrogen) atoms. The topological polar surface area (TPSA) is 26.3 Å². The van der Waals surface area contributed by atoms with Gasteiger partial charge in [-0.3, -0.25) is 4.79 Å². The molecule has 0 radical (unpaired) electrons. The van der Waals surface area contributed by atoms with E-state index in [1.165, 1.54) is 57.8 Å². The molecule has 0 bridgehead atoms. The fourth-order valence-corrected chi connectivity index (χ4v) is 9.40. The van der Waals surface area contributed by atoms with Crippen LogP contribution in [0.25, 0.3) is 0 Å². The van der Waals surface area contributed by atoms with E-state index >= 15 is 0 Å². The van der Waals surface area contributed by atoms with Crippen molar-refractivity contribution < 1.29 is 9.53 Å². The van der Waals surface area contributed by atoms with Crippen molar-refractivity contribution >= 4 is 21.9 Å². The molecule has 0 saturated heterocycles. The molecular weight excluding hydrogens is 472 g/mol. The van der Waals surface area contributed by atoms with Gasteiger partial charge >= 0.3 is 5.97 Å². The molecule has 188 valence electrons. The molecule has 3 saturated carbocycles. The summed E-state index contributed by atoms with van der Waals surface area (Å²) >= 11 is 3.36. The number of rotatable bonds is 8. The van der Waals surface area contributed by atoms with E-state index in [0.29, 0.717) is 22.6 Å². The van der Waals surface area contributed by atoms with Crippen LogP contribution >= 0.6 is 15.9 Å². The summed E-state index contributed by atoms with van der Waals surface area (Å²) in [6.45, 7) is 12.6. The van der Waals surface area contributed by atoms with E-state index in [-0.39, 0.29) is 12.1 Å². The fraction of sp³-hybridized carbons (Fsp3) is 0.900. The summed E-state index contributed by atoms with van der Waals surface area (Å²) in [6, 6.07) is 0. The maximum atomic E-state index is 12.1. The third-order valence-electron chi connectivity index (χ3n) is 10.9.